The van der Waals surface area contributed by atoms with E-state index < -0.39 is 5.41 Å². The standard InChI is InChI=1S/C14H16N4O/c1-3-14(4-2,9-15)12(19)18-13-16-10-7-5-6-8-11(10)17-13/h5-8H,3-4H2,1-2H3,(H2,16,17,18,19). The van der Waals surface area contributed by atoms with Gasteiger partial charge in [0.25, 0.3) is 0 Å². The monoisotopic (exact) mass is 256 g/mol. The average Bonchev–Trinajstić information content (AvgIpc) is 2.83. The molecule has 0 fully saturated rings. The Labute approximate surface area is 111 Å². The van der Waals surface area contributed by atoms with Crippen LogP contribution in [0.25, 0.3) is 11.0 Å². The number of carbonyl (C=O) groups is 1. The molecule has 0 unspecified atom stereocenters. The zero-order valence-corrected chi connectivity index (χ0v) is 11.0. The van der Waals surface area contributed by atoms with Crippen molar-refractivity contribution in [3.63, 3.8) is 0 Å². The number of aromatic nitrogens is 2. The van der Waals surface area contributed by atoms with Crippen molar-refractivity contribution < 1.29 is 4.79 Å². The number of rotatable bonds is 4. The van der Waals surface area contributed by atoms with Gasteiger partial charge in [-0.05, 0) is 25.0 Å². The number of para-hydroxylation sites is 2. The van der Waals surface area contributed by atoms with E-state index in [0.29, 0.717) is 18.8 Å². The Hall–Kier alpha value is -2.35. The van der Waals surface area contributed by atoms with Gasteiger partial charge in [-0.15, -0.1) is 0 Å². The number of nitrogens with zero attached hydrogens (tertiary/aromatic N) is 2. The quantitative estimate of drug-likeness (QED) is 0.882. The van der Waals surface area contributed by atoms with Gasteiger partial charge in [-0.25, -0.2) is 4.98 Å². The van der Waals surface area contributed by atoms with Crippen molar-refractivity contribution in [2.75, 3.05) is 5.32 Å². The Morgan fingerprint density at radius 2 is 2.11 bits per heavy atom. The van der Waals surface area contributed by atoms with Crippen LogP contribution in [0.2, 0.25) is 0 Å². The third-order valence-corrected chi connectivity index (χ3v) is 3.48. The number of hydrogen-bond acceptors (Lipinski definition) is 3. The number of H-pyrrole nitrogens is 1. The summed E-state index contributed by atoms with van der Waals surface area (Å²) in [6.07, 6.45) is 0.956. The predicted octanol–water partition coefficient (Wildman–Crippen LogP) is 2.83. The van der Waals surface area contributed by atoms with Crippen molar-refractivity contribution in [2.24, 2.45) is 5.41 Å². The van der Waals surface area contributed by atoms with Gasteiger partial charge in [0, 0.05) is 0 Å². The molecule has 0 aliphatic rings. The number of nitriles is 1. The summed E-state index contributed by atoms with van der Waals surface area (Å²) in [6, 6.07) is 9.63. The third-order valence-electron chi connectivity index (χ3n) is 3.48. The van der Waals surface area contributed by atoms with Gasteiger partial charge in [0.15, 0.2) is 0 Å². The highest BCUT2D eigenvalue weighted by molar-refractivity contribution is 5.97. The van der Waals surface area contributed by atoms with Crippen LogP contribution >= 0.6 is 0 Å². The lowest BCUT2D eigenvalue weighted by Gasteiger charge is -2.21. The first kappa shape index (κ1) is 13.1. The van der Waals surface area contributed by atoms with Crippen LogP contribution in [0.3, 0.4) is 0 Å². The summed E-state index contributed by atoms with van der Waals surface area (Å²) >= 11 is 0. The highest BCUT2D eigenvalue weighted by atomic mass is 16.2. The van der Waals surface area contributed by atoms with Crippen molar-refractivity contribution >= 4 is 22.9 Å². The summed E-state index contributed by atoms with van der Waals surface area (Å²) < 4.78 is 0. The minimum Gasteiger partial charge on any atom is -0.324 e. The van der Waals surface area contributed by atoms with Gasteiger partial charge in [-0.2, -0.15) is 5.26 Å². The largest absolute Gasteiger partial charge is 0.324 e. The first-order valence-corrected chi connectivity index (χ1v) is 6.32. The molecule has 0 aliphatic heterocycles. The molecule has 0 aliphatic carbocycles. The van der Waals surface area contributed by atoms with Crippen molar-refractivity contribution in [3.8, 4) is 6.07 Å². The summed E-state index contributed by atoms with van der Waals surface area (Å²) in [4.78, 5) is 19.5. The second-order valence-electron chi connectivity index (χ2n) is 4.46. The van der Waals surface area contributed by atoms with Crippen LogP contribution in [0.4, 0.5) is 5.95 Å². The van der Waals surface area contributed by atoms with E-state index in [1.807, 2.05) is 38.1 Å². The van der Waals surface area contributed by atoms with E-state index in [1.165, 1.54) is 0 Å². The number of hydrogen-bond donors (Lipinski definition) is 2. The zero-order valence-electron chi connectivity index (χ0n) is 11.0. The number of fused-ring (bicyclic) bond motifs is 1. The van der Waals surface area contributed by atoms with E-state index in [9.17, 15) is 10.1 Å². The smallest absolute Gasteiger partial charge is 0.247 e. The molecule has 0 atom stereocenters. The molecule has 2 N–H and O–H groups in total. The second kappa shape index (κ2) is 5.11. The van der Waals surface area contributed by atoms with Crippen LogP contribution in [-0.2, 0) is 4.79 Å². The van der Waals surface area contributed by atoms with E-state index in [0.717, 1.165) is 11.0 Å². The van der Waals surface area contributed by atoms with E-state index in [2.05, 4.69) is 21.4 Å². The Morgan fingerprint density at radius 3 is 2.68 bits per heavy atom. The number of benzene rings is 1. The maximum Gasteiger partial charge on any atom is 0.247 e. The van der Waals surface area contributed by atoms with Crippen LogP contribution in [-0.4, -0.2) is 15.9 Å². The number of carbonyl (C=O) groups excluding carboxylic acids is 1. The minimum absolute atomic E-state index is 0.306. The van der Waals surface area contributed by atoms with Crippen molar-refractivity contribution in [3.05, 3.63) is 24.3 Å². The van der Waals surface area contributed by atoms with E-state index in [4.69, 9.17) is 0 Å². The van der Waals surface area contributed by atoms with Gasteiger partial charge in [-0.3, -0.25) is 10.1 Å². The van der Waals surface area contributed by atoms with E-state index >= 15 is 0 Å². The normalized spacial score (nSPS) is 11.2. The molecule has 98 valence electrons. The second-order valence-corrected chi connectivity index (χ2v) is 4.46. The van der Waals surface area contributed by atoms with Crippen LogP contribution in [0.15, 0.2) is 24.3 Å². The van der Waals surface area contributed by atoms with Gasteiger partial charge in [0.2, 0.25) is 11.9 Å². The lowest BCUT2D eigenvalue weighted by Crippen LogP contribution is -2.34. The predicted molar refractivity (Wildman–Crippen MR) is 73.4 cm³/mol. The molecule has 0 bridgehead atoms. The fourth-order valence-electron chi connectivity index (χ4n) is 2.02. The SMILES string of the molecule is CCC(C#N)(CC)C(=O)Nc1nc2ccccc2[nH]1. The van der Waals surface area contributed by atoms with Crippen molar-refractivity contribution in [2.45, 2.75) is 26.7 Å². The molecule has 0 saturated heterocycles. The topological polar surface area (TPSA) is 81.6 Å². The molecule has 1 amide bonds. The highest BCUT2D eigenvalue weighted by Crippen LogP contribution is 2.27. The molecular formula is C14H16N4O. The van der Waals surface area contributed by atoms with Gasteiger partial charge >= 0.3 is 0 Å². The minimum atomic E-state index is -0.987. The Balaban J connectivity index is 2.25. The van der Waals surface area contributed by atoms with Crippen molar-refractivity contribution in [1.29, 1.82) is 5.26 Å². The zero-order chi connectivity index (χ0) is 13.9. The fourth-order valence-corrected chi connectivity index (χ4v) is 2.02. The molecule has 19 heavy (non-hydrogen) atoms. The Morgan fingerprint density at radius 1 is 1.42 bits per heavy atom. The summed E-state index contributed by atoms with van der Waals surface area (Å²) in [5, 5.41) is 11.9. The molecule has 0 spiro atoms. The molecule has 2 rings (SSSR count). The summed E-state index contributed by atoms with van der Waals surface area (Å²) in [6.45, 7) is 3.68. The molecule has 0 radical (unpaired) electrons. The van der Waals surface area contributed by atoms with Gasteiger partial charge in [0.05, 0.1) is 17.1 Å². The molecule has 1 heterocycles. The van der Waals surface area contributed by atoms with Crippen LogP contribution < -0.4 is 5.32 Å². The lowest BCUT2D eigenvalue weighted by molar-refractivity contribution is -0.123. The number of imidazole rings is 1. The van der Waals surface area contributed by atoms with Crippen molar-refractivity contribution in [1.82, 2.24) is 9.97 Å². The molecule has 1 aromatic carbocycles. The number of nitrogens with one attached hydrogen (secondary N) is 2. The van der Waals surface area contributed by atoms with Gasteiger partial charge < -0.3 is 4.98 Å². The third kappa shape index (κ3) is 2.29. The van der Waals surface area contributed by atoms with Crippen LogP contribution in [0, 0.1) is 16.7 Å². The fraction of sp³-hybridized carbons (Fsp3) is 0.357. The molecule has 5 nitrogen and oxygen atoms in total. The molecule has 2 aromatic rings. The van der Waals surface area contributed by atoms with Crippen LogP contribution in [0.1, 0.15) is 26.7 Å². The first-order chi connectivity index (χ1) is 9.15. The molecule has 5 heteroatoms. The Kier molecular flexibility index (Phi) is 3.52. The lowest BCUT2D eigenvalue weighted by atomic mass is 9.83. The summed E-state index contributed by atoms with van der Waals surface area (Å²) in [5.41, 5.74) is 0.653. The molecule has 0 saturated carbocycles. The Bertz CT molecular complexity index is 601. The maximum atomic E-state index is 12.2. The summed E-state index contributed by atoms with van der Waals surface area (Å²) in [7, 11) is 0. The molecule has 1 aromatic heterocycles. The van der Waals surface area contributed by atoms with Crippen LogP contribution in [0.5, 0.6) is 0 Å². The number of aromatic amines is 1. The maximum absolute atomic E-state index is 12.2. The van der Waals surface area contributed by atoms with E-state index in [1.54, 1.807) is 0 Å². The molecular weight excluding hydrogens is 240 g/mol. The van der Waals surface area contributed by atoms with Gasteiger partial charge in [0.1, 0.15) is 5.41 Å². The first-order valence-electron chi connectivity index (χ1n) is 6.32. The average molecular weight is 256 g/mol. The van der Waals surface area contributed by atoms with E-state index in [-0.39, 0.29) is 5.91 Å². The summed E-state index contributed by atoms with van der Waals surface area (Å²) in [5.74, 6) is 0.0757. The number of amides is 1. The van der Waals surface area contributed by atoms with Gasteiger partial charge in [-0.1, -0.05) is 26.0 Å². The number of anilines is 1. The highest BCUT2D eigenvalue weighted by Gasteiger charge is 2.35.